The van der Waals surface area contributed by atoms with Gasteiger partial charge in [0.15, 0.2) is 0 Å². The summed E-state index contributed by atoms with van der Waals surface area (Å²) in [5, 5.41) is 5.74. The van der Waals surface area contributed by atoms with Gasteiger partial charge in [-0.2, -0.15) is 0 Å². The third-order valence-electron chi connectivity index (χ3n) is 4.59. The number of rotatable bonds is 17. The number of amides is 2. The van der Waals surface area contributed by atoms with Gasteiger partial charge in [-0.25, -0.2) is 0 Å². The van der Waals surface area contributed by atoms with E-state index in [1.807, 2.05) is 0 Å². The first kappa shape index (κ1) is 29.4. The highest BCUT2D eigenvalue weighted by molar-refractivity contribution is 14.1. The maximum absolute atomic E-state index is 12.1. The van der Waals surface area contributed by atoms with Crippen molar-refractivity contribution in [3.63, 3.8) is 0 Å². The van der Waals surface area contributed by atoms with Crippen molar-refractivity contribution in [1.29, 1.82) is 0 Å². The number of nitrogens with one attached hydrogen (secondary N) is 2. The minimum absolute atomic E-state index is 0.0107. The van der Waals surface area contributed by atoms with Gasteiger partial charge in [-0.3, -0.25) is 9.59 Å². The predicted octanol–water partition coefficient (Wildman–Crippen LogP) is 3.30. The molecule has 1 rings (SSSR count). The number of unbranched alkanes of at least 4 members (excludes halogenated alkanes) is 2. The van der Waals surface area contributed by atoms with Crippen LogP contribution in [0.1, 0.15) is 44.1 Å². The Morgan fingerprint density at radius 2 is 1.75 bits per heavy atom. The average molecular weight is 600 g/mol. The van der Waals surface area contributed by atoms with Crippen LogP contribution in [0.3, 0.4) is 0 Å². The van der Waals surface area contributed by atoms with Crippen molar-refractivity contribution in [3.05, 3.63) is 33.4 Å². The number of ether oxygens (including phenoxy) is 1. The first-order valence-corrected chi connectivity index (χ1v) is 14.2. The molecule has 0 saturated carbocycles. The molecular formula is C21H34IN2O6PS. The molecule has 32 heavy (non-hydrogen) atoms. The average Bonchev–Trinajstić information content (AvgIpc) is 2.76. The zero-order valence-electron chi connectivity index (χ0n) is 18.7. The van der Waals surface area contributed by atoms with Crippen LogP contribution in [0.25, 0.3) is 0 Å². The largest absolute Gasteiger partial charge is 0.382 e. The summed E-state index contributed by atoms with van der Waals surface area (Å²) in [5.41, 5.74) is 1.25. The lowest BCUT2D eigenvalue weighted by Crippen LogP contribution is -2.41. The summed E-state index contributed by atoms with van der Waals surface area (Å²) in [7, 11) is 2.79. The predicted molar refractivity (Wildman–Crippen MR) is 137 cm³/mol. The first-order valence-electron chi connectivity index (χ1n) is 10.6. The number of halogens is 1. The summed E-state index contributed by atoms with van der Waals surface area (Å²) in [6, 6.07) is 7.92. The van der Waals surface area contributed by atoms with Gasteiger partial charge in [0, 0.05) is 37.2 Å². The smallest absolute Gasteiger partial charge is 0.324 e. The van der Waals surface area contributed by atoms with Crippen LogP contribution in [-0.2, 0) is 41.6 Å². The molecular weight excluding hydrogens is 566 g/mol. The zero-order chi connectivity index (χ0) is 23.8. The second-order valence-corrected chi connectivity index (χ2v) is 11.5. The molecule has 11 heteroatoms. The van der Waals surface area contributed by atoms with Crippen molar-refractivity contribution in [2.24, 2.45) is 0 Å². The summed E-state index contributed by atoms with van der Waals surface area (Å²) in [6.07, 6.45) is 4.97. The fourth-order valence-electron chi connectivity index (χ4n) is 2.88. The van der Waals surface area contributed by atoms with E-state index in [-0.39, 0.29) is 25.0 Å². The number of hydrogen-bond donors (Lipinski definition) is 3. The van der Waals surface area contributed by atoms with Gasteiger partial charge in [0.1, 0.15) is 0 Å². The standard InChI is InChI=1S/C21H34IN2O6PS/c1-28-15-19(16-30-31(27,32)29-2)24-21(26)8-4-3-5-14-23-20(25)9-6-7-17-10-12-18(22)13-11-17/h10-13,19H,3-9,14-16H2,1-2H3,(H,23,25)(H,24,26)(H,27,32)/t19-,31?/m0/s1. The van der Waals surface area contributed by atoms with E-state index in [2.05, 4.69) is 57.5 Å². The topological polar surface area (TPSA) is 106 Å². The quantitative estimate of drug-likeness (QED) is 0.143. The van der Waals surface area contributed by atoms with Crippen molar-refractivity contribution in [3.8, 4) is 0 Å². The fraction of sp³-hybridized carbons (Fsp3) is 0.619. The number of benzene rings is 1. The van der Waals surface area contributed by atoms with Gasteiger partial charge in [0.25, 0.3) is 0 Å². The van der Waals surface area contributed by atoms with Crippen molar-refractivity contribution in [1.82, 2.24) is 10.6 Å². The maximum atomic E-state index is 12.1. The molecule has 0 spiro atoms. The van der Waals surface area contributed by atoms with Crippen LogP contribution in [-0.4, -0.2) is 56.7 Å². The van der Waals surface area contributed by atoms with Gasteiger partial charge in [0.2, 0.25) is 11.8 Å². The Bertz CT molecular complexity index is 738. The molecule has 0 fully saturated rings. The number of aryl methyl sites for hydroxylation is 1. The second-order valence-electron chi connectivity index (χ2n) is 7.31. The highest BCUT2D eigenvalue weighted by atomic mass is 127. The van der Waals surface area contributed by atoms with Crippen LogP contribution in [0.15, 0.2) is 24.3 Å². The third-order valence-corrected chi connectivity index (χ3v) is 7.01. The Labute approximate surface area is 209 Å². The normalized spacial score (nSPS) is 13.9. The Morgan fingerprint density at radius 3 is 2.41 bits per heavy atom. The summed E-state index contributed by atoms with van der Waals surface area (Å²) >= 11 is 7.05. The Hall–Kier alpha value is -0.620. The summed E-state index contributed by atoms with van der Waals surface area (Å²) in [6.45, 7) is -2.41. The lowest BCUT2D eigenvalue weighted by Gasteiger charge is -2.20. The lowest BCUT2D eigenvalue weighted by atomic mass is 10.1. The molecule has 1 aromatic carbocycles. The van der Waals surface area contributed by atoms with E-state index in [1.165, 1.54) is 23.4 Å². The van der Waals surface area contributed by atoms with Gasteiger partial charge in [-0.15, -0.1) is 0 Å². The summed E-state index contributed by atoms with van der Waals surface area (Å²) in [4.78, 5) is 33.7. The van der Waals surface area contributed by atoms with Crippen LogP contribution in [0.4, 0.5) is 0 Å². The Morgan fingerprint density at radius 1 is 1.06 bits per heavy atom. The van der Waals surface area contributed by atoms with Crippen LogP contribution in [0, 0.1) is 3.57 Å². The van der Waals surface area contributed by atoms with E-state index in [0.29, 0.717) is 25.8 Å². The second kappa shape index (κ2) is 16.9. The van der Waals surface area contributed by atoms with Gasteiger partial charge >= 0.3 is 6.72 Å². The zero-order valence-corrected chi connectivity index (χ0v) is 22.5. The SMILES string of the molecule is COC[C@@H](COP(O)(=S)OC)NC(=O)CCCCCNC(=O)CCCc1ccc(I)cc1. The molecule has 0 aliphatic carbocycles. The van der Waals surface area contributed by atoms with Crippen LogP contribution >= 0.6 is 29.3 Å². The molecule has 1 unspecified atom stereocenters. The van der Waals surface area contributed by atoms with Crippen molar-refractivity contribution in [2.75, 3.05) is 34.0 Å². The Kier molecular flexibility index (Phi) is 15.5. The van der Waals surface area contributed by atoms with Gasteiger partial charge in [-0.1, -0.05) is 18.6 Å². The molecule has 0 saturated heterocycles. The Balaban J connectivity index is 2.10. The van der Waals surface area contributed by atoms with Crippen molar-refractivity contribution >= 4 is 52.9 Å². The van der Waals surface area contributed by atoms with E-state index in [1.54, 1.807) is 0 Å². The lowest BCUT2D eigenvalue weighted by molar-refractivity contribution is -0.123. The summed E-state index contributed by atoms with van der Waals surface area (Å²) < 4.78 is 16.1. The minimum atomic E-state index is -3.27. The molecule has 8 nitrogen and oxygen atoms in total. The minimum Gasteiger partial charge on any atom is -0.382 e. The molecule has 0 aliphatic rings. The van der Waals surface area contributed by atoms with Gasteiger partial charge < -0.3 is 29.3 Å². The molecule has 0 aromatic heterocycles. The first-order chi connectivity index (χ1) is 15.3. The highest BCUT2D eigenvalue weighted by Crippen LogP contribution is 2.42. The number of carbonyl (C=O) groups is 2. The molecule has 1 aromatic rings. The number of methoxy groups -OCH3 is 1. The molecule has 0 heterocycles. The molecule has 3 N–H and O–H groups in total. The molecule has 182 valence electrons. The third kappa shape index (κ3) is 14.5. The fourth-order valence-corrected chi connectivity index (χ4v) is 3.89. The van der Waals surface area contributed by atoms with Crippen LogP contribution in [0.2, 0.25) is 0 Å². The van der Waals surface area contributed by atoms with E-state index < -0.39 is 12.8 Å². The van der Waals surface area contributed by atoms with E-state index in [0.717, 1.165) is 25.7 Å². The van der Waals surface area contributed by atoms with E-state index in [9.17, 15) is 14.5 Å². The van der Waals surface area contributed by atoms with E-state index >= 15 is 0 Å². The molecule has 2 atom stereocenters. The van der Waals surface area contributed by atoms with Crippen LogP contribution < -0.4 is 10.6 Å². The number of carbonyl (C=O) groups excluding carboxylic acids is 2. The van der Waals surface area contributed by atoms with E-state index in [4.69, 9.17) is 25.6 Å². The van der Waals surface area contributed by atoms with Gasteiger partial charge in [-0.05, 0) is 77.8 Å². The van der Waals surface area contributed by atoms with Crippen molar-refractivity contribution in [2.45, 2.75) is 51.0 Å². The van der Waals surface area contributed by atoms with Crippen molar-refractivity contribution < 1.29 is 28.3 Å². The number of hydrogen-bond acceptors (Lipinski definition) is 6. The molecule has 0 aliphatic heterocycles. The molecule has 0 radical (unpaired) electrons. The van der Waals surface area contributed by atoms with Crippen LogP contribution in [0.5, 0.6) is 0 Å². The van der Waals surface area contributed by atoms with Gasteiger partial charge in [0.05, 0.1) is 19.3 Å². The maximum Gasteiger partial charge on any atom is 0.324 e. The monoisotopic (exact) mass is 600 g/mol. The summed E-state index contributed by atoms with van der Waals surface area (Å²) in [5.74, 6) is -0.0600. The molecule has 2 amide bonds. The highest BCUT2D eigenvalue weighted by Gasteiger charge is 2.18. The molecule has 0 bridgehead atoms.